The van der Waals surface area contributed by atoms with Gasteiger partial charge in [0.1, 0.15) is 23.9 Å². The van der Waals surface area contributed by atoms with Crippen molar-refractivity contribution >= 4 is 62.8 Å². The summed E-state index contributed by atoms with van der Waals surface area (Å²) in [5, 5.41) is 35.3. The molecule has 1 aromatic carbocycles. The SMILES string of the molecule is C/C1=C\C=C\[C@@H](CO)[C@@]2(O)C[C@H](OC(=O)N2)[C@@H](C)[C@@H]2O[C@@]2(C)[C@@H](OC(=O)[C@H](C)N(C)C(=O)CCSSC(C)CCCON)CC(=O)N(C)c2cc(cc(CO)c2Cl)C1. The van der Waals surface area contributed by atoms with E-state index >= 15 is 0 Å². The standard InChI is InChI=1S/C40H59ClN4O11S2/c1-23-10-8-12-29(22-47)40(52)20-31(54-38(51)43-40)25(3)36-39(5,56-36)32(19-34(49)45(7)30-18-27(16-23)17-28(21-46)35(30)41)55-37(50)26(4)44(6)33(48)13-15-57-58-24(2)11-9-14-53-42/h8,10,12,17-18,24-26,29,31-32,36,46-47,52H,9,11,13-16,19-22,42H2,1-7H3,(H,43,51)/b12-8+,23-10+/t24?,25-,26+,29+,31+,32+,36+,39+,40+/m1/s1. The average Bonchev–Trinajstić information content (AvgIpc) is 3.88. The van der Waals surface area contributed by atoms with Crippen LogP contribution >= 0.6 is 33.2 Å². The van der Waals surface area contributed by atoms with Crippen LogP contribution in [-0.2, 0) is 46.5 Å². The van der Waals surface area contributed by atoms with Crippen molar-refractivity contribution < 1.29 is 53.5 Å². The minimum Gasteiger partial charge on any atom is -0.457 e. The monoisotopic (exact) mass is 870 g/mol. The molecule has 3 amide bonds. The molecule has 9 atom stereocenters. The number of nitrogens with one attached hydrogen (secondary N) is 1. The van der Waals surface area contributed by atoms with Gasteiger partial charge in [-0.15, -0.1) is 0 Å². The number of anilines is 1. The fraction of sp³-hybridized carbons (Fsp3) is 0.650. The van der Waals surface area contributed by atoms with Gasteiger partial charge >= 0.3 is 12.1 Å². The third-order valence-electron chi connectivity index (χ3n) is 11.2. The number of carbonyl (C=O) groups is 4. The van der Waals surface area contributed by atoms with Crippen LogP contribution < -0.4 is 16.1 Å². The fourth-order valence-electron chi connectivity index (χ4n) is 7.28. The number of carbonyl (C=O) groups excluding carboxylic acids is 4. The first kappa shape index (κ1) is 47.8. The molecule has 3 aliphatic heterocycles. The molecule has 58 heavy (non-hydrogen) atoms. The molecule has 4 rings (SSSR count). The van der Waals surface area contributed by atoms with Crippen LogP contribution in [0.4, 0.5) is 10.5 Å². The maximum atomic E-state index is 14.2. The van der Waals surface area contributed by atoms with Gasteiger partial charge in [-0.2, -0.15) is 0 Å². The molecule has 15 nitrogen and oxygen atoms in total. The second-order valence-electron chi connectivity index (χ2n) is 15.6. The number of hydrogen-bond acceptors (Lipinski definition) is 14. The Balaban J connectivity index is 1.62. The number of halogens is 1. The van der Waals surface area contributed by atoms with Crippen LogP contribution in [0.15, 0.2) is 35.9 Å². The second kappa shape index (κ2) is 21.1. The number of amides is 3. The Morgan fingerprint density at radius 2 is 1.97 bits per heavy atom. The summed E-state index contributed by atoms with van der Waals surface area (Å²) in [6.45, 7) is 8.61. The predicted molar refractivity (Wildman–Crippen MR) is 224 cm³/mol. The van der Waals surface area contributed by atoms with Crippen LogP contribution in [-0.4, -0.2) is 118 Å². The Kier molecular flexibility index (Phi) is 17.4. The van der Waals surface area contributed by atoms with Gasteiger partial charge in [-0.05, 0) is 57.2 Å². The number of alkyl carbamates (subject to hydrolysis) is 1. The fourth-order valence-corrected chi connectivity index (χ4v) is 9.95. The number of epoxide rings is 1. The van der Waals surface area contributed by atoms with Crippen molar-refractivity contribution in [3.8, 4) is 0 Å². The number of hydrogen-bond donors (Lipinski definition) is 5. The van der Waals surface area contributed by atoms with Crippen LogP contribution in [0.25, 0.3) is 0 Å². The number of rotatable bonds is 14. The van der Waals surface area contributed by atoms with Crippen LogP contribution in [0.1, 0.15) is 77.8 Å². The molecule has 0 saturated carbocycles. The largest absolute Gasteiger partial charge is 0.457 e. The Morgan fingerprint density at radius 1 is 1.24 bits per heavy atom. The average molecular weight is 872 g/mol. The van der Waals surface area contributed by atoms with E-state index in [0.29, 0.717) is 35.3 Å². The second-order valence-corrected chi connectivity index (χ2v) is 18.9. The maximum absolute atomic E-state index is 14.2. The quantitative estimate of drug-likeness (QED) is 0.0576. The number of fused-ring (bicyclic) bond motifs is 5. The highest BCUT2D eigenvalue weighted by molar-refractivity contribution is 8.76. The minimum absolute atomic E-state index is 0.0998. The molecule has 3 aliphatic rings. The van der Waals surface area contributed by atoms with E-state index in [1.807, 2.05) is 6.92 Å². The van der Waals surface area contributed by atoms with E-state index in [1.165, 1.54) is 16.8 Å². The van der Waals surface area contributed by atoms with Gasteiger partial charge in [0, 0.05) is 49.8 Å². The summed E-state index contributed by atoms with van der Waals surface area (Å²) in [4.78, 5) is 61.4. The number of aliphatic hydroxyl groups is 3. The van der Waals surface area contributed by atoms with Gasteiger partial charge in [0.15, 0.2) is 5.72 Å². The first-order chi connectivity index (χ1) is 27.4. The van der Waals surface area contributed by atoms with Gasteiger partial charge in [0.2, 0.25) is 11.8 Å². The number of aliphatic hydroxyl groups excluding tert-OH is 2. The summed E-state index contributed by atoms with van der Waals surface area (Å²) in [5.41, 5.74) is -0.753. The number of nitrogens with zero attached hydrogens (tertiary/aromatic N) is 2. The van der Waals surface area contributed by atoms with Crippen molar-refractivity contribution in [2.24, 2.45) is 17.7 Å². The molecule has 4 bridgehead atoms. The van der Waals surface area contributed by atoms with Crippen molar-refractivity contribution in [3.05, 3.63) is 52.1 Å². The van der Waals surface area contributed by atoms with Crippen molar-refractivity contribution in [3.63, 3.8) is 0 Å². The highest BCUT2D eigenvalue weighted by atomic mass is 35.5. The smallest absolute Gasteiger partial charge is 0.409 e. The predicted octanol–water partition coefficient (Wildman–Crippen LogP) is 4.42. The highest BCUT2D eigenvalue weighted by Gasteiger charge is 2.64. The zero-order valence-electron chi connectivity index (χ0n) is 34.3. The number of ether oxygens (including phenoxy) is 3. The number of esters is 1. The first-order valence-electron chi connectivity index (χ1n) is 19.5. The third kappa shape index (κ3) is 11.9. The lowest BCUT2D eigenvalue weighted by atomic mass is 9.81. The van der Waals surface area contributed by atoms with Crippen molar-refractivity contribution in [2.75, 3.05) is 38.0 Å². The molecular weight excluding hydrogens is 812 g/mol. The van der Waals surface area contributed by atoms with Crippen molar-refractivity contribution in [1.82, 2.24) is 10.2 Å². The van der Waals surface area contributed by atoms with Gasteiger partial charge in [0.25, 0.3) is 0 Å². The van der Waals surface area contributed by atoms with Crippen LogP contribution in [0.5, 0.6) is 0 Å². The maximum Gasteiger partial charge on any atom is 0.409 e. The molecule has 1 unspecified atom stereocenters. The zero-order chi connectivity index (χ0) is 42.9. The summed E-state index contributed by atoms with van der Waals surface area (Å²) in [7, 11) is 6.31. The van der Waals surface area contributed by atoms with E-state index in [1.54, 1.807) is 79.8 Å². The number of allylic oxidation sites excluding steroid dienone is 3. The van der Waals surface area contributed by atoms with E-state index in [9.17, 15) is 34.5 Å². The highest BCUT2D eigenvalue weighted by Crippen LogP contribution is 2.49. The summed E-state index contributed by atoms with van der Waals surface area (Å²) < 4.78 is 18.0. The molecule has 0 aliphatic carbocycles. The summed E-state index contributed by atoms with van der Waals surface area (Å²) in [6.07, 6.45) is 3.35. The van der Waals surface area contributed by atoms with E-state index in [-0.39, 0.29) is 36.8 Å². The lowest BCUT2D eigenvalue weighted by Crippen LogP contribution is -2.62. The molecular formula is C40H59ClN4O11S2. The molecule has 0 aromatic heterocycles. The number of benzene rings is 1. The first-order valence-corrected chi connectivity index (χ1v) is 22.2. The van der Waals surface area contributed by atoms with E-state index < -0.39 is 72.1 Å². The van der Waals surface area contributed by atoms with Crippen LogP contribution in [0, 0.1) is 11.8 Å². The van der Waals surface area contributed by atoms with Gasteiger partial charge in [-0.1, -0.05) is 76.9 Å². The molecule has 0 radical (unpaired) electrons. The van der Waals surface area contributed by atoms with Crippen molar-refractivity contribution in [2.45, 2.75) is 121 Å². The Hall–Kier alpha value is -2.87. The van der Waals surface area contributed by atoms with Gasteiger partial charge in [0.05, 0.1) is 43.1 Å². The van der Waals surface area contributed by atoms with E-state index in [0.717, 1.165) is 24.0 Å². The van der Waals surface area contributed by atoms with Gasteiger partial charge in [-0.3, -0.25) is 14.9 Å². The molecule has 2 saturated heterocycles. The Bertz CT molecular complexity index is 1700. The molecule has 2 fully saturated rings. The van der Waals surface area contributed by atoms with Crippen LogP contribution in [0.2, 0.25) is 5.02 Å². The molecule has 3 heterocycles. The summed E-state index contributed by atoms with van der Waals surface area (Å²) >= 11 is 6.74. The topological polar surface area (TPSA) is 214 Å². The molecule has 1 aromatic rings. The molecule has 18 heteroatoms. The third-order valence-corrected chi connectivity index (χ3v) is 14.6. The summed E-state index contributed by atoms with van der Waals surface area (Å²) in [6, 6.07) is 2.49. The summed E-state index contributed by atoms with van der Waals surface area (Å²) in [5.74, 6) is 2.68. The van der Waals surface area contributed by atoms with Crippen LogP contribution in [0.3, 0.4) is 0 Å². The van der Waals surface area contributed by atoms with E-state index in [2.05, 4.69) is 17.1 Å². The minimum atomic E-state index is -1.87. The number of nitrogens with two attached hydrogens (primary N) is 1. The zero-order valence-corrected chi connectivity index (χ0v) is 36.7. The molecule has 324 valence electrons. The number of likely N-dealkylation sites (N-methyl/N-ethyl adjacent to an activating group) is 1. The van der Waals surface area contributed by atoms with Gasteiger partial charge in [-0.25, -0.2) is 15.5 Å². The molecule has 0 spiro atoms. The lowest BCUT2D eigenvalue weighted by molar-refractivity contribution is -0.161. The molecule has 6 N–H and O–H groups in total. The Morgan fingerprint density at radius 3 is 2.64 bits per heavy atom. The lowest BCUT2D eigenvalue weighted by Gasteiger charge is -2.42. The normalized spacial score (nSPS) is 30.2. The van der Waals surface area contributed by atoms with E-state index in [4.69, 9.17) is 31.7 Å². The van der Waals surface area contributed by atoms with Crippen molar-refractivity contribution in [1.29, 1.82) is 0 Å². The van der Waals surface area contributed by atoms with Gasteiger partial charge < -0.3 is 44.2 Å². The Labute approximate surface area is 353 Å².